The molecule has 9 heterocycles. The SMILES string of the molecule is CC(C)C[C@@H]1NC(=O)[C@H]2C[C@@H](O)CNN2C(=O)[C@H](C(C)C)OC(=O)[C@@H](C(C)C)NC(=O)[C@@H]2C[C@@]3(O)c4cc(-c5ccc6c(c5)[C@]5(O)C[C@H]7C(=O)N[C@H](C(C)C)C(=O)O[C@@H](C(C)C)C(=O)N8CC[C@H](C)C[C@@H]8C(=O)N[C@@H](CNC(=O)CCOCCOCCNC(=O)c8ccc9c(c8)C(=O)OC98c9ccc(O)cc9Oc9cc(O)ccc98)C(=O)N[C@H]([C@H](C)O)C(=O)N7[C@@H]5N6)ccc4C[C@H]3N2C(=O)[C@@H]([C@H](C)O)CC1=O. The Balaban J connectivity index is 0.658. The average molecular weight is 1970 g/mol. The minimum absolute atomic E-state index is 0.00276. The number of carbonyl (C=O) groups is 15. The quantitative estimate of drug-likeness (QED) is 0.0283. The maximum Gasteiger partial charge on any atom is 0.340 e. The van der Waals surface area contributed by atoms with Crippen LogP contribution in [0.3, 0.4) is 0 Å². The number of hydrogen-bond donors (Lipinski definition) is 16. The Hall–Kier alpha value is -12.8. The minimum atomic E-state index is -2.29. The molecule has 1 aliphatic carbocycles. The van der Waals surface area contributed by atoms with Gasteiger partial charge in [0.2, 0.25) is 47.3 Å². The average Bonchev–Trinajstić information content (AvgIpc) is 1.49. The Kier molecular flexibility index (Phi) is 30.4. The summed E-state index contributed by atoms with van der Waals surface area (Å²) in [6.07, 6.45) is -11.4. The van der Waals surface area contributed by atoms with Crippen molar-refractivity contribution in [3.63, 3.8) is 0 Å². The molecule has 0 radical (unpaired) electrons. The molecule has 5 aromatic carbocycles. The minimum Gasteiger partial charge on any atom is -0.508 e. The van der Waals surface area contributed by atoms with Crippen LogP contribution < -0.4 is 52.7 Å². The van der Waals surface area contributed by atoms with Crippen molar-refractivity contribution in [3.8, 4) is 34.1 Å². The van der Waals surface area contributed by atoms with E-state index in [2.05, 4.69) is 48.0 Å². The standard InChI is InChI=1S/C101H127N13O28/c1-46(2)32-69-75(120)41-61(52(12)115)91(128)112-73(89(126)108-81(48(5)6)97(134)141-84(50(9)10)94(131)114-72(88(125)105-69)38-60(119)44-104-114)42-99(135)66-35-54(14-15-56(66)37-78(99)112)55-17-23-68-67(36-55)100(136)43-74-90(127)109-80(47(3)4)96(133)140-83(49(7)8)93(130)111-27-24-51(11)33-71(111)87(124)106-70(86(123)110-82(53(13)116)92(129)113(74)98(100)107-68)45-103-79(121)25-28-137-30-31-138-29-26-102-85(122)57-16-20-63-62(34-57)95(132)142-101(63)64-21-18-58(117)39-76(64)139-77-40-59(118)19-22-65(77)101/h14-23,34-36,39-40,46-53,60-61,69-74,78,80-84,98,104,107,115-119,135-136H,24-33,37-38,41-45H2,1-13H3,(H,102,122)(H,103,121)(H,105,125)(H,106,124)(H,108,126)(H,109,127)(H,110,123)/t51-,52-,53-,60+,61+,69-,70-,71+,72+,73-,74-,78+,80+,81+,82+,83-,84-,98-,99+,100+/m0/s1. The molecule has 9 aliphatic heterocycles. The highest BCUT2D eigenvalue weighted by Crippen LogP contribution is 2.59. The lowest BCUT2D eigenvalue weighted by Crippen LogP contribution is -2.65. The van der Waals surface area contributed by atoms with E-state index in [1.165, 1.54) is 55.1 Å². The predicted octanol–water partition coefficient (Wildman–Crippen LogP) is 1.93. The molecule has 41 heteroatoms. The van der Waals surface area contributed by atoms with E-state index in [-0.39, 0.29) is 141 Å². The molecule has 15 rings (SSSR count). The van der Waals surface area contributed by atoms with Crippen LogP contribution in [0, 0.1) is 41.4 Å². The number of fused-ring (bicyclic) bond motifs is 18. The third-order valence-electron chi connectivity index (χ3n) is 28.8. The van der Waals surface area contributed by atoms with Crippen molar-refractivity contribution in [2.24, 2.45) is 41.4 Å². The second-order valence-electron chi connectivity index (χ2n) is 40.8. The molecular formula is C101H127N13O28. The number of aromatic hydroxyl groups is 2. The molecule has 20 atom stereocenters. The van der Waals surface area contributed by atoms with Crippen molar-refractivity contribution in [3.05, 3.63) is 136 Å². The van der Waals surface area contributed by atoms with Crippen molar-refractivity contribution < 1.29 is 136 Å². The zero-order valence-corrected chi connectivity index (χ0v) is 81.5. The molecule has 41 nitrogen and oxygen atoms in total. The van der Waals surface area contributed by atoms with E-state index < -0.39 is 258 Å². The Morgan fingerprint density at radius 2 is 1.11 bits per heavy atom. The van der Waals surface area contributed by atoms with Crippen LogP contribution in [-0.2, 0) is 109 Å². The van der Waals surface area contributed by atoms with Gasteiger partial charge in [0.25, 0.3) is 17.7 Å². The summed E-state index contributed by atoms with van der Waals surface area (Å²) in [4.78, 5) is 226. The normalized spacial score (nSPS) is 29.0. The topological polar surface area (TPSA) is 574 Å². The first-order valence-electron chi connectivity index (χ1n) is 48.7. The number of piperidine rings is 1. The summed E-state index contributed by atoms with van der Waals surface area (Å²) in [6, 6.07) is 7.38. The number of nitrogens with one attached hydrogen (secondary N) is 9. The predicted molar refractivity (Wildman–Crippen MR) is 503 cm³/mol. The fraction of sp³-hybridized carbons (Fsp3) is 0.554. The number of aliphatic hydroxyl groups excluding tert-OH is 3. The molecule has 0 saturated carbocycles. The van der Waals surface area contributed by atoms with E-state index in [9.17, 15) is 74.1 Å². The first-order chi connectivity index (χ1) is 67.2. The number of rotatable bonds is 21. The van der Waals surface area contributed by atoms with E-state index in [0.717, 1.165) is 14.8 Å². The number of nitrogens with zero attached hydrogens (tertiary/aromatic N) is 4. The number of ether oxygens (including phenoxy) is 6. The van der Waals surface area contributed by atoms with Gasteiger partial charge >= 0.3 is 17.9 Å². The number of ketones is 1. The van der Waals surface area contributed by atoms with Gasteiger partial charge < -0.3 is 121 Å². The first kappa shape index (κ1) is 104. The molecule has 10 aliphatic rings. The zero-order valence-electron chi connectivity index (χ0n) is 81.5. The van der Waals surface area contributed by atoms with Crippen molar-refractivity contribution in [1.29, 1.82) is 0 Å². The van der Waals surface area contributed by atoms with Crippen LogP contribution in [0.2, 0.25) is 0 Å². The number of carbonyl (C=O) groups excluding carboxylic acids is 15. The molecule has 16 N–H and O–H groups in total. The van der Waals surface area contributed by atoms with Crippen LogP contribution in [0.25, 0.3) is 11.1 Å². The number of hydrogen-bond acceptors (Lipinski definition) is 30. The van der Waals surface area contributed by atoms with Gasteiger partial charge in [0.15, 0.2) is 23.6 Å². The number of Topliss-reactive ketones (excluding diaryl/α,β-unsaturated/α-hetero) is 1. The fourth-order valence-corrected chi connectivity index (χ4v) is 21.1. The molecule has 142 heavy (non-hydrogen) atoms. The number of phenolic OH excluding ortho intramolecular Hbond substituents is 2. The number of benzene rings is 5. The summed E-state index contributed by atoms with van der Waals surface area (Å²) in [5, 5.41) is 105. The molecular weight excluding hydrogens is 1840 g/mol. The van der Waals surface area contributed by atoms with Crippen LogP contribution in [-0.4, -0.2) is 294 Å². The van der Waals surface area contributed by atoms with Crippen molar-refractivity contribution in [1.82, 2.24) is 62.4 Å². The molecule has 6 saturated heterocycles. The highest BCUT2D eigenvalue weighted by atomic mass is 16.6. The summed E-state index contributed by atoms with van der Waals surface area (Å²) in [7, 11) is 0. The second-order valence-corrected chi connectivity index (χ2v) is 40.8. The van der Waals surface area contributed by atoms with Crippen LogP contribution in [0.5, 0.6) is 23.0 Å². The van der Waals surface area contributed by atoms with Crippen molar-refractivity contribution >= 4 is 94.4 Å². The van der Waals surface area contributed by atoms with E-state index >= 15 is 33.6 Å². The largest absolute Gasteiger partial charge is 0.508 e. The van der Waals surface area contributed by atoms with E-state index in [4.69, 9.17) is 28.4 Å². The molecule has 5 aromatic rings. The van der Waals surface area contributed by atoms with E-state index in [1.54, 1.807) is 124 Å². The van der Waals surface area contributed by atoms with Gasteiger partial charge in [-0.15, -0.1) is 0 Å². The molecule has 0 unspecified atom stereocenters. The lowest BCUT2D eigenvalue weighted by Gasteiger charge is -2.40. The van der Waals surface area contributed by atoms with Crippen molar-refractivity contribution in [2.75, 3.05) is 57.9 Å². The number of aliphatic hydroxyl groups is 5. The molecule has 0 bridgehead atoms. The van der Waals surface area contributed by atoms with Gasteiger partial charge in [0.05, 0.1) is 68.3 Å². The summed E-state index contributed by atoms with van der Waals surface area (Å²) in [5.41, 5.74) is 0.0368. The highest BCUT2D eigenvalue weighted by molar-refractivity contribution is 6.04. The van der Waals surface area contributed by atoms with Crippen LogP contribution >= 0.6 is 0 Å². The summed E-state index contributed by atoms with van der Waals surface area (Å²) >= 11 is 0. The molecule has 11 amide bonds. The Bertz CT molecular complexity index is 5760. The Morgan fingerprint density at radius 3 is 1.72 bits per heavy atom. The number of anilines is 1. The van der Waals surface area contributed by atoms with Crippen LogP contribution in [0.4, 0.5) is 5.69 Å². The van der Waals surface area contributed by atoms with E-state index in [0.29, 0.717) is 39.8 Å². The Labute approximate surface area is 819 Å². The monoisotopic (exact) mass is 1970 g/mol. The second kappa shape index (κ2) is 41.7. The molecule has 1 spiro atoms. The molecule has 764 valence electrons. The number of cyclic esters (lactones) is 2. The van der Waals surface area contributed by atoms with Gasteiger partial charge in [-0.1, -0.05) is 100 Å². The van der Waals surface area contributed by atoms with Gasteiger partial charge in [-0.25, -0.2) is 19.8 Å². The highest BCUT2D eigenvalue weighted by Gasteiger charge is 2.65. The fourth-order valence-electron chi connectivity index (χ4n) is 21.1. The maximum absolute atomic E-state index is 16.0. The number of hydrazine groups is 1. The van der Waals surface area contributed by atoms with Crippen molar-refractivity contribution in [2.45, 2.75) is 262 Å². The maximum atomic E-state index is 16.0. The molecule has 6 fully saturated rings. The zero-order chi connectivity index (χ0) is 103. The summed E-state index contributed by atoms with van der Waals surface area (Å²) in [6.45, 7) is 19.7. The lowest BCUT2D eigenvalue weighted by molar-refractivity contribution is -0.172. The van der Waals surface area contributed by atoms with Gasteiger partial charge in [0, 0.05) is 104 Å². The van der Waals surface area contributed by atoms with Crippen LogP contribution in [0.1, 0.15) is 195 Å². The lowest BCUT2D eigenvalue weighted by atomic mass is 9.77. The van der Waals surface area contributed by atoms with Crippen LogP contribution in [0.15, 0.2) is 91.0 Å². The first-order valence-corrected chi connectivity index (χ1v) is 48.7. The Morgan fingerprint density at radius 1 is 0.535 bits per heavy atom. The number of amides is 11. The van der Waals surface area contributed by atoms with Gasteiger partial charge in [-0.3, -0.25) is 62.5 Å². The third-order valence-corrected chi connectivity index (χ3v) is 28.8. The smallest absolute Gasteiger partial charge is 0.340 e. The number of phenols is 2. The number of esters is 3. The number of β-amino-alcohol motifs (C(OH)–C–C–N with tert-alkyl or cyclic N) is 1. The van der Waals surface area contributed by atoms with Gasteiger partial charge in [-0.05, 0) is 152 Å². The van der Waals surface area contributed by atoms with E-state index in [1.807, 2.05) is 6.92 Å². The summed E-state index contributed by atoms with van der Waals surface area (Å²) < 4.78 is 35.7. The van der Waals surface area contributed by atoms with Gasteiger partial charge in [-0.2, -0.15) is 0 Å². The molecule has 0 aromatic heterocycles. The van der Waals surface area contributed by atoms with Gasteiger partial charge in [0.1, 0.15) is 88.7 Å². The third kappa shape index (κ3) is 20.3. The summed E-state index contributed by atoms with van der Waals surface area (Å²) in [5.74, 6) is -18.3.